The average Bonchev–Trinajstić information content (AvgIpc) is 2.94. The van der Waals surface area contributed by atoms with E-state index in [0.717, 1.165) is 19.3 Å². The number of nitrogens with zero attached hydrogens (tertiary/aromatic N) is 2. The summed E-state index contributed by atoms with van der Waals surface area (Å²) in [6.45, 7) is 6.07. The number of carbonyl (C=O) groups excluding carboxylic acids is 1. The maximum Gasteiger partial charge on any atom is 0.248 e. The molecule has 0 aromatic heterocycles. The van der Waals surface area contributed by atoms with Crippen molar-refractivity contribution >= 4 is 12.1 Å². The molecular weight excluding hydrogens is 375 g/mol. The fourth-order valence-corrected chi connectivity index (χ4v) is 5.83. The van der Waals surface area contributed by atoms with Gasteiger partial charge in [0.25, 0.3) is 0 Å². The van der Waals surface area contributed by atoms with Gasteiger partial charge >= 0.3 is 0 Å². The third kappa shape index (κ3) is 2.78. The van der Waals surface area contributed by atoms with E-state index in [9.17, 15) is 9.18 Å². The minimum atomic E-state index is -0.901. The highest BCUT2D eigenvalue weighted by Gasteiger charge is 2.70. The predicted molar refractivity (Wildman–Crippen MR) is 103 cm³/mol. The van der Waals surface area contributed by atoms with Crippen LogP contribution in [0.5, 0.6) is 0 Å². The molecule has 1 aromatic carbocycles. The summed E-state index contributed by atoms with van der Waals surface area (Å²) in [5.74, 6) is -0.825. The van der Waals surface area contributed by atoms with Crippen LogP contribution in [-0.4, -0.2) is 34.7 Å². The SMILES string of the molecule is C[C@@H]1CC[C@H]2[C@@H](C)C(=O)N(/N=C/c3ccc(F)cc3)[C@@H]3O[C@@]4(C)CC[C@@H]1[C@@]23OO4. The van der Waals surface area contributed by atoms with Gasteiger partial charge in [0.05, 0.1) is 6.21 Å². The number of ether oxygens (including phenoxy) is 1. The van der Waals surface area contributed by atoms with Gasteiger partial charge in [0, 0.05) is 18.3 Å². The van der Waals surface area contributed by atoms with Crippen molar-refractivity contribution in [2.45, 2.75) is 64.1 Å². The van der Waals surface area contributed by atoms with E-state index in [1.54, 1.807) is 18.3 Å². The summed E-state index contributed by atoms with van der Waals surface area (Å²) >= 11 is 0. The van der Waals surface area contributed by atoms with Crippen molar-refractivity contribution in [2.75, 3.05) is 0 Å². The summed E-state index contributed by atoms with van der Waals surface area (Å²) in [4.78, 5) is 25.3. The van der Waals surface area contributed by atoms with E-state index in [1.807, 2.05) is 13.8 Å². The Morgan fingerprint density at radius 1 is 1.14 bits per heavy atom. The summed E-state index contributed by atoms with van der Waals surface area (Å²) in [7, 11) is 0. The minimum Gasteiger partial charge on any atom is -0.319 e. The summed E-state index contributed by atoms with van der Waals surface area (Å²) in [5, 5.41) is 5.96. The third-order valence-electron chi connectivity index (χ3n) is 7.44. The molecule has 2 bridgehead atoms. The highest BCUT2D eigenvalue weighted by atomic mass is 19.1. The van der Waals surface area contributed by atoms with Gasteiger partial charge in [-0.1, -0.05) is 26.0 Å². The summed E-state index contributed by atoms with van der Waals surface area (Å²) < 4.78 is 19.6. The van der Waals surface area contributed by atoms with Crippen molar-refractivity contribution in [3.8, 4) is 0 Å². The number of hydrazone groups is 1. The maximum absolute atomic E-state index is 13.3. The number of piperidine rings is 1. The fourth-order valence-electron chi connectivity index (χ4n) is 5.83. The van der Waals surface area contributed by atoms with Crippen LogP contribution in [0, 0.1) is 29.5 Å². The lowest BCUT2D eigenvalue weighted by Gasteiger charge is -2.60. The zero-order valence-corrected chi connectivity index (χ0v) is 17.0. The number of hydrogen-bond donors (Lipinski definition) is 0. The van der Waals surface area contributed by atoms with E-state index in [1.165, 1.54) is 17.1 Å². The lowest BCUT2D eigenvalue weighted by molar-refractivity contribution is -0.547. The summed E-state index contributed by atoms with van der Waals surface area (Å²) in [6, 6.07) is 6.00. The molecule has 1 spiro atoms. The van der Waals surface area contributed by atoms with Crippen molar-refractivity contribution in [2.24, 2.45) is 28.8 Å². The molecule has 0 unspecified atom stereocenters. The van der Waals surface area contributed by atoms with Crippen molar-refractivity contribution < 1.29 is 23.7 Å². The summed E-state index contributed by atoms with van der Waals surface area (Å²) in [5.41, 5.74) is -0.0107. The van der Waals surface area contributed by atoms with Crippen molar-refractivity contribution in [3.05, 3.63) is 35.6 Å². The molecular formula is C22H27FN2O4. The maximum atomic E-state index is 13.3. The van der Waals surface area contributed by atoms with Gasteiger partial charge in [-0.05, 0) is 55.7 Å². The highest BCUT2D eigenvalue weighted by molar-refractivity contribution is 5.84. The van der Waals surface area contributed by atoms with Crippen LogP contribution < -0.4 is 0 Å². The monoisotopic (exact) mass is 402 g/mol. The van der Waals surface area contributed by atoms with Gasteiger partial charge in [-0.15, -0.1) is 0 Å². The van der Waals surface area contributed by atoms with Crippen LogP contribution >= 0.6 is 0 Å². The first-order chi connectivity index (χ1) is 13.8. The molecule has 6 rings (SSSR count). The molecule has 5 aliphatic rings. The Morgan fingerprint density at radius 3 is 2.66 bits per heavy atom. The molecule has 5 fully saturated rings. The summed E-state index contributed by atoms with van der Waals surface area (Å²) in [6.07, 6.45) is 4.56. The zero-order valence-electron chi connectivity index (χ0n) is 17.0. The first kappa shape index (κ1) is 19.2. The van der Waals surface area contributed by atoms with Crippen LogP contribution in [0.15, 0.2) is 29.4 Å². The molecule has 1 saturated carbocycles. The van der Waals surface area contributed by atoms with Gasteiger partial charge in [-0.3, -0.25) is 4.79 Å². The molecule has 0 radical (unpaired) electrons. The topological polar surface area (TPSA) is 60.4 Å². The second-order valence-corrected chi connectivity index (χ2v) is 9.20. The first-order valence-corrected chi connectivity index (χ1v) is 10.5. The molecule has 156 valence electrons. The Labute approximate surface area is 169 Å². The molecule has 0 N–H and O–H groups in total. The molecule has 7 heteroatoms. The van der Waals surface area contributed by atoms with E-state index >= 15 is 0 Å². The van der Waals surface area contributed by atoms with Crippen LogP contribution in [0.3, 0.4) is 0 Å². The molecule has 1 aromatic rings. The van der Waals surface area contributed by atoms with Gasteiger partial charge in [0.2, 0.25) is 11.7 Å². The Bertz CT molecular complexity index is 846. The molecule has 4 heterocycles. The molecule has 29 heavy (non-hydrogen) atoms. The average molecular weight is 402 g/mol. The van der Waals surface area contributed by atoms with Crippen LogP contribution in [0.2, 0.25) is 0 Å². The lowest BCUT2D eigenvalue weighted by atomic mass is 9.57. The Hall–Kier alpha value is -1.83. The number of hydrogen-bond acceptors (Lipinski definition) is 5. The predicted octanol–water partition coefficient (Wildman–Crippen LogP) is 3.85. The first-order valence-electron chi connectivity index (χ1n) is 10.5. The van der Waals surface area contributed by atoms with E-state index in [2.05, 4.69) is 12.0 Å². The highest BCUT2D eigenvalue weighted by Crippen LogP contribution is 2.60. The molecule has 4 aliphatic heterocycles. The van der Waals surface area contributed by atoms with Crippen molar-refractivity contribution in [3.63, 3.8) is 0 Å². The van der Waals surface area contributed by atoms with Gasteiger partial charge in [0.15, 0.2) is 11.8 Å². The van der Waals surface area contributed by atoms with E-state index in [-0.39, 0.29) is 29.5 Å². The zero-order chi connectivity index (χ0) is 20.4. The van der Waals surface area contributed by atoms with Crippen LogP contribution in [0.25, 0.3) is 0 Å². The number of fused-ring (bicyclic) bond motifs is 2. The number of halogens is 1. The van der Waals surface area contributed by atoms with E-state index in [0.29, 0.717) is 17.9 Å². The normalized spacial score (nSPS) is 44.1. The molecule has 7 atom stereocenters. The molecule has 1 aliphatic carbocycles. The van der Waals surface area contributed by atoms with Gasteiger partial charge in [0.1, 0.15) is 5.82 Å². The fraction of sp³-hybridized carbons (Fsp3) is 0.636. The largest absolute Gasteiger partial charge is 0.319 e. The minimum absolute atomic E-state index is 0.0288. The number of amides is 1. The van der Waals surface area contributed by atoms with E-state index in [4.69, 9.17) is 14.5 Å². The Morgan fingerprint density at radius 2 is 1.90 bits per heavy atom. The van der Waals surface area contributed by atoms with Gasteiger partial charge in [-0.2, -0.15) is 5.10 Å². The second kappa shape index (κ2) is 6.59. The molecule has 1 amide bonds. The standard InChI is InChI=1S/C22H27FN2O4/c1-13-4-9-18-14(2)19(26)25(24-12-15-5-7-16(23)8-6-15)20-22(18)17(13)10-11-21(3,27-20)28-29-22/h5-8,12-14,17-18,20H,4,9-11H2,1-3H3/b24-12+/t13-,14-,17+,18+,20-,21-,22-/m1/s1. The number of rotatable bonds is 2. The quantitative estimate of drug-likeness (QED) is 0.557. The second-order valence-electron chi connectivity index (χ2n) is 9.20. The van der Waals surface area contributed by atoms with Crippen LogP contribution in [0.1, 0.15) is 52.0 Å². The lowest BCUT2D eigenvalue weighted by Crippen LogP contribution is -2.74. The van der Waals surface area contributed by atoms with E-state index < -0.39 is 17.6 Å². The van der Waals surface area contributed by atoms with Crippen molar-refractivity contribution in [1.29, 1.82) is 0 Å². The Kier molecular flexibility index (Phi) is 4.35. The molecule has 6 nitrogen and oxygen atoms in total. The Balaban J connectivity index is 1.58. The van der Waals surface area contributed by atoms with Crippen LogP contribution in [0.4, 0.5) is 4.39 Å². The van der Waals surface area contributed by atoms with Gasteiger partial charge < -0.3 is 4.74 Å². The number of carbonyl (C=O) groups is 1. The smallest absolute Gasteiger partial charge is 0.248 e. The third-order valence-corrected chi connectivity index (χ3v) is 7.44. The van der Waals surface area contributed by atoms with Crippen LogP contribution in [-0.2, 0) is 19.3 Å². The molecule has 4 saturated heterocycles. The van der Waals surface area contributed by atoms with Gasteiger partial charge in [-0.25, -0.2) is 19.2 Å². The van der Waals surface area contributed by atoms with Crippen molar-refractivity contribution in [1.82, 2.24) is 5.01 Å². The number of benzene rings is 1.